The van der Waals surface area contributed by atoms with Gasteiger partial charge >= 0.3 is 17.9 Å². The highest BCUT2D eigenvalue weighted by molar-refractivity contribution is 5.80. The Morgan fingerprint density at radius 1 is 0.851 bits per heavy atom. The van der Waals surface area contributed by atoms with Gasteiger partial charge in [-0.1, -0.05) is 0 Å². The standard InChI is InChI=1S/C32H36O15/c1-12(33)43-19-8-16-17(9-20(19)44-13(2)34)29(47-32-28(37)27(36)30-23(46-32)11-41-14(3)45-30)18-10-42-31(38)25(18)24(16)15-6-21(39-4)26(35)22(7-15)40-5/h6-9,14,18,23-25,27-30,32,35-37H,10-11H2,1-5H3/t14-,18+,23-,24-,25+,27-,28-,29-,30-,32+/m1/s1. The summed E-state index contributed by atoms with van der Waals surface area (Å²) in [7, 11) is 2.73. The van der Waals surface area contributed by atoms with Crippen LogP contribution in [0, 0.1) is 11.8 Å². The van der Waals surface area contributed by atoms with Gasteiger partial charge in [-0.2, -0.15) is 0 Å². The Bertz CT molecular complexity index is 1530. The number of aliphatic hydroxyl groups is 2. The van der Waals surface area contributed by atoms with Gasteiger partial charge in [0.1, 0.15) is 24.4 Å². The summed E-state index contributed by atoms with van der Waals surface area (Å²) >= 11 is 0. The third kappa shape index (κ3) is 5.98. The predicted octanol–water partition coefficient (Wildman–Crippen LogP) is 1.46. The minimum absolute atomic E-state index is 0.0688. The lowest BCUT2D eigenvalue weighted by Gasteiger charge is -2.47. The molecule has 0 amide bonds. The Morgan fingerprint density at radius 2 is 1.47 bits per heavy atom. The van der Waals surface area contributed by atoms with E-state index in [-0.39, 0.29) is 42.0 Å². The lowest BCUT2D eigenvalue weighted by Crippen LogP contribution is -2.63. The lowest BCUT2D eigenvalue weighted by molar-refractivity contribution is -0.364. The normalized spacial score (nSPS) is 32.7. The summed E-state index contributed by atoms with van der Waals surface area (Å²) in [6.45, 7) is 4.00. The molecule has 1 aliphatic carbocycles. The molecule has 3 heterocycles. The van der Waals surface area contributed by atoms with Crippen LogP contribution in [0.5, 0.6) is 28.7 Å². The molecular formula is C32H36O15. The van der Waals surface area contributed by atoms with E-state index in [9.17, 15) is 29.7 Å². The molecule has 0 bridgehead atoms. The van der Waals surface area contributed by atoms with Gasteiger partial charge in [0.15, 0.2) is 35.6 Å². The van der Waals surface area contributed by atoms with Crippen LogP contribution in [0.2, 0.25) is 0 Å². The van der Waals surface area contributed by atoms with Gasteiger partial charge in [0, 0.05) is 25.7 Å². The second-order valence-corrected chi connectivity index (χ2v) is 11.8. The molecule has 47 heavy (non-hydrogen) atoms. The molecule has 0 radical (unpaired) electrons. The molecule has 0 unspecified atom stereocenters. The van der Waals surface area contributed by atoms with Crippen molar-refractivity contribution in [3.63, 3.8) is 0 Å². The maximum Gasteiger partial charge on any atom is 0.310 e. The minimum Gasteiger partial charge on any atom is -0.502 e. The average molecular weight is 661 g/mol. The van der Waals surface area contributed by atoms with E-state index in [4.69, 9.17) is 42.6 Å². The van der Waals surface area contributed by atoms with E-state index >= 15 is 0 Å². The summed E-state index contributed by atoms with van der Waals surface area (Å²) in [5.74, 6) is -4.65. The van der Waals surface area contributed by atoms with Crippen molar-refractivity contribution < 1.29 is 72.3 Å². The number of cyclic esters (lactones) is 1. The first kappa shape index (κ1) is 32.9. The van der Waals surface area contributed by atoms with Crippen LogP contribution in [0.3, 0.4) is 0 Å². The number of esters is 3. The Balaban J connectivity index is 1.51. The summed E-state index contributed by atoms with van der Waals surface area (Å²) in [6.07, 6.45) is -7.66. The van der Waals surface area contributed by atoms with Gasteiger partial charge < -0.3 is 58.0 Å². The number of aliphatic hydroxyl groups excluding tert-OH is 2. The maximum absolute atomic E-state index is 13.5. The number of carbonyl (C=O) groups is 3. The summed E-state index contributed by atoms with van der Waals surface area (Å²) < 4.78 is 50.9. The molecule has 10 atom stereocenters. The van der Waals surface area contributed by atoms with E-state index in [0.717, 1.165) is 0 Å². The van der Waals surface area contributed by atoms with Gasteiger partial charge in [-0.3, -0.25) is 14.4 Å². The van der Waals surface area contributed by atoms with Gasteiger partial charge in [0.2, 0.25) is 5.75 Å². The zero-order valence-corrected chi connectivity index (χ0v) is 26.2. The van der Waals surface area contributed by atoms with Crippen molar-refractivity contribution in [2.45, 2.75) is 69.8 Å². The Hall–Kier alpha value is -3.99. The van der Waals surface area contributed by atoms with Crippen LogP contribution in [-0.4, -0.2) is 97.7 Å². The van der Waals surface area contributed by atoms with Gasteiger partial charge in [0.05, 0.1) is 39.5 Å². The number of fused-ring (bicyclic) bond motifs is 3. The first-order chi connectivity index (χ1) is 22.4. The van der Waals surface area contributed by atoms with Crippen LogP contribution in [0.4, 0.5) is 0 Å². The predicted molar refractivity (Wildman–Crippen MR) is 155 cm³/mol. The molecular weight excluding hydrogens is 624 g/mol. The van der Waals surface area contributed by atoms with Crippen LogP contribution in [-0.2, 0) is 38.1 Å². The molecule has 6 rings (SSSR count). The average Bonchev–Trinajstić information content (AvgIpc) is 3.41. The van der Waals surface area contributed by atoms with E-state index in [0.29, 0.717) is 16.7 Å². The summed E-state index contributed by atoms with van der Waals surface area (Å²) in [5, 5.41) is 32.7. The molecule has 3 N–H and O–H groups in total. The fourth-order valence-electron chi connectivity index (χ4n) is 6.82. The number of hydrogen-bond acceptors (Lipinski definition) is 15. The number of rotatable bonds is 7. The summed E-state index contributed by atoms with van der Waals surface area (Å²) in [4.78, 5) is 37.8. The number of aromatic hydroxyl groups is 1. The molecule has 2 aromatic rings. The second-order valence-electron chi connectivity index (χ2n) is 11.8. The number of hydrogen-bond donors (Lipinski definition) is 3. The molecule has 15 nitrogen and oxygen atoms in total. The van der Waals surface area contributed by atoms with Crippen molar-refractivity contribution in [3.05, 3.63) is 41.0 Å². The quantitative estimate of drug-likeness (QED) is 0.285. The molecule has 3 fully saturated rings. The van der Waals surface area contributed by atoms with Crippen molar-refractivity contribution in [1.82, 2.24) is 0 Å². The number of phenolic OH excluding ortho intramolecular Hbond substituents is 1. The molecule has 15 heteroatoms. The number of benzene rings is 2. The van der Waals surface area contributed by atoms with E-state index in [1.807, 2.05) is 0 Å². The first-order valence-electron chi connectivity index (χ1n) is 15.0. The van der Waals surface area contributed by atoms with Gasteiger partial charge in [-0.15, -0.1) is 0 Å². The third-order valence-corrected chi connectivity index (χ3v) is 8.82. The molecule has 3 aliphatic heterocycles. The highest BCUT2D eigenvalue weighted by atomic mass is 16.8. The number of phenols is 1. The maximum atomic E-state index is 13.5. The smallest absolute Gasteiger partial charge is 0.310 e. The second kappa shape index (κ2) is 12.9. The molecule has 3 saturated heterocycles. The van der Waals surface area contributed by atoms with Gasteiger partial charge in [0.25, 0.3) is 0 Å². The number of carbonyl (C=O) groups excluding carboxylic acids is 3. The monoisotopic (exact) mass is 660 g/mol. The SMILES string of the molecule is COc1cc([C@@H]2c3cc(OC(C)=O)c(OC(C)=O)cc3[C@@H](O[C@@H]3O[C@@H]4CO[C@@H](C)O[C@H]4[C@H](O)[C@H]3O)[C@H]3COC(=O)[C@H]23)cc(OC)c1O. The van der Waals surface area contributed by atoms with Crippen LogP contribution < -0.4 is 18.9 Å². The fraction of sp³-hybridized carbons (Fsp3) is 0.531. The summed E-state index contributed by atoms with van der Waals surface area (Å²) in [5.41, 5.74) is 1.29. The van der Waals surface area contributed by atoms with Crippen molar-refractivity contribution in [2.24, 2.45) is 11.8 Å². The molecule has 0 spiro atoms. The first-order valence-corrected chi connectivity index (χ1v) is 15.0. The third-order valence-electron chi connectivity index (χ3n) is 8.82. The molecule has 254 valence electrons. The van der Waals surface area contributed by atoms with Crippen LogP contribution in [0.1, 0.15) is 49.5 Å². The van der Waals surface area contributed by atoms with Crippen LogP contribution >= 0.6 is 0 Å². The van der Waals surface area contributed by atoms with Crippen LogP contribution in [0.15, 0.2) is 24.3 Å². The zero-order chi connectivity index (χ0) is 33.7. The largest absolute Gasteiger partial charge is 0.502 e. The molecule has 0 saturated carbocycles. The minimum atomic E-state index is -1.56. The van der Waals surface area contributed by atoms with Crippen molar-refractivity contribution in [2.75, 3.05) is 27.4 Å². The van der Waals surface area contributed by atoms with Crippen molar-refractivity contribution >= 4 is 17.9 Å². The Morgan fingerprint density at radius 3 is 2.06 bits per heavy atom. The molecule has 2 aromatic carbocycles. The number of methoxy groups -OCH3 is 2. The summed E-state index contributed by atoms with van der Waals surface area (Å²) in [6, 6.07) is 6.03. The Labute approximate surface area is 269 Å². The van der Waals surface area contributed by atoms with E-state index in [1.165, 1.54) is 40.2 Å². The van der Waals surface area contributed by atoms with Gasteiger partial charge in [-0.25, -0.2) is 0 Å². The topological polar surface area (TPSA) is 195 Å². The van der Waals surface area contributed by atoms with Crippen molar-refractivity contribution in [1.29, 1.82) is 0 Å². The van der Waals surface area contributed by atoms with Crippen LogP contribution in [0.25, 0.3) is 0 Å². The van der Waals surface area contributed by atoms with Crippen molar-refractivity contribution in [3.8, 4) is 28.7 Å². The fourth-order valence-corrected chi connectivity index (χ4v) is 6.82. The van der Waals surface area contributed by atoms with E-state index in [2.05, 4.69) is 0 Å². The lowest BCUT2D eigenvalue weighted by atomic mass is 9.66. The van der Waals surface area contributed by atoms with E-state index < -0.39 is 78.8 Å². The number of ether oxygens (including phenoxy) is 9. The highest BCUT2D eigenvalue weighted by Crippen LogP contribution is 2.56. The molecule has 4 aliphatic rings. The van der Waals surface area contributed by atoms with E-state index in [1.54, 1.807) is 19.1 Å². The zero-order valence-electron chi connectivity index (χ0n) is 26.2. The Kier molecular flexibility index (Phi) is 9.04. The molecule has 0 aromatic heterocycles. The van der Waals surface area contributed by atoms with Gasteiger partial charge in [-0.05, 0) is 47.9 Å². The highest BCUT2D eigenvalue weighted by Gasteiger charge is 2.56.